The lowest BCUT2D eigenvalue weighted by Crippen LogP contribution is -2.36. The highest BCUT2D eigenvalue weighted by molar-refractivity contribution is 7.89. The molecule has 0 amide bonds. The first-order valence-corrected chi connectivity index (χ1v) is 9.56. The van der Waals surface area contributed by atoms with E-state index < -0.39 is 10.0 Å². The molecule has 3 rings (SSSR count). The van der Waals surface area contributed by atoms with Crippen molar-refractivity contribution < 1.29 is 13.2 Å². The second kappa shape index (κ2) is 8.03. The van der Waals surface area contributed by atoms with Crippen LogP contribution in [0.25, 0.3) is 0 Å². The van der Waals surface area contributed by atoms with Crippen LogP contribution in [0, 0.1) is 5.92 Å². The zero-order chi connectivity index (χ0) is 15.6. The van der Waals surface area contributed by atoms with Gasteiger partial charge in [-0.05, 0) is 49.9 Å². The van der Waals surface area contributed by atoms with Gasteiger partial charge in [0.05, 0.1) is 6.61 Å². The van der Waals surface area contributed by atoms with Gasteiger partial charge in [0.1, 0.15) is 10.6 Å². The first kappa shape index (κ1) is 18.8. The van der Waals surface area contributed by atoms with Gasteiger partial charge in [-0.2, -0.15) is 0 Å². The van der Waals surface area contributed by atoms with Gasteiger partial charge in [0.2, 0.25) is 10.0 Å². The largest absolute Gasteiger partial charge is 0.492 e. The average molecular weight is 381 g/mol. The maximum Gasteiger partial charge on any atom is 0.244 e. The summed E-state index contributed by atoms with van der Waals surface area (Å²) < 4.78 is 33.7. The van der Waals surface area contributed by atoms with E-state index in [4.69, 9.17) is 16.3 Å². The molecule has 23 heavy (non-hydrogen) atoms. The minimum absolute atomic E-state index is 0. The Balaban J connectivity index is 0.00000192. The molecule has 130 valence electrons. The Bertz CT molecular complexity index is 630. The molecule has 1 aliphatic carbocycles. The van der Waals surface area contributed by atoms with E-state index in [0.717, 1.165) is 25.8 Å². The van der Waals surface area contributed by atoms with Crippen LogP contribution in [-0.4, -0.2) is 34.2 Å². The number of benzene rings is 1. The molecule has 2 aliphatic rings. The first-order chi connectivity index (χ1) is 10.5. The summed E-state index contributed by atoms with van der Waals surface area (Å²) in [5.41, 5.74) is 0. The van der Waals surface area contributed by atoms with Crippen molar-refractivity contribution in [2.45, 2.75) is 36.6 Å². The Morgan fingerprint density at radius 3 is 2.70 bits per heavy atom. The summed E-state index contributed by atoms with van der Waals surface area (Å²) >= 11 is 5.98. The second-order valence-electron chi connectivity index (χ2n) is 6.01. The lowest BCUT2D eigenvalue weighted by Gasteiger charge is -2.25. The number of halogens is 2. The maximum absolute atomic E-state index is 12.6. The van der Waals surface area contributed by atoms with Crippen LogP contribution in [0.2, 0.25) is 5.02 Å². The molecule has 1 saturated heterocycles. The van der Waals surface area contributed by atoms with Gasteiger partial charge in [-0.25, -0.2) is 13.1 Å². The zero-order valence-electron chi connectivity index (χ0n) is 12.8. The van der Waals surface area contributed by atoms with Gasteiger partial charge in [0.15, 0.2) is 0 Å². The van der Waals surface area contributed by atoms with Crippen LogP contribution in [0.3, 0.4) is 0 Å². The molecule has 2 N–H and O–H groups in total. The third kappa shape index (κ3) is 4.73. The molecule has 1 atom stereocenters. The van der Waals surface area contributed by atoms with Crippen molar-refractivity contribution in [1.82, 2.24) is 10.0 Å². The third-order valence-corrected chi connectivity index (χ3v) is 6.05. The van der Waals surface area contributed by atoms with E-state index in [-0.39, 0.29) is 23.3 Å². The molecule has 8 heteroatoms. The van der Waals surface area contributed by atoms with Gasteiger partial charge in [-0.3, -0.25) is 0 Å². The Labute approximate surface area is 148 Å². The molecule has 1 saturated carbocycles. The highest BCUT2D eigenvalue weighted by atomic mass is 35.5. The zero-order valence-corrected chi connectivity index (χ0v) is 15.1. The summed E-state index contributed by atoms with van der Waals surface area (Å²) in [4.78, 5) is 0.131. The van der Waals surface area contributed by atoms with Crippen molar-refractivity contribution in [3.8, 4) is 5.75 Å². The molecular weight excluding hydrogens is 359 g/mol. The predicted octanol–water partition coefficient (Wildman–Crippen LogP) is 2.58. The fourth-order valence-corrected chi connectivity index (χ4v) is 4.39. The third-order valence-electron chi connectivity index (χ3n) is 4.28. The maximum atomic E-state index is 12.6. The van der Waals surface area contributed by atoms with Crippen molar-refractivity contribution in [3.05, 3.63) is 23.2 Å². The van der Waals surface area contributed by atoms with Crippen LogP contribution < -0.4 is 14.8 Å². The van der Waals surface area contributed by atoms with E-state index in [1.54, 1.807) is 12.1 Å². The van der Waals surface area contributed by atoms with Crippen molar-refractivity contribution in [2.24, 2.45) is 5.92 Å². The van der Waals surface area contributed by atoms with Crippen LogP contribution in [-0.2, 0) is 10.0 Å². The van der Waals surface area contributed by atoms with E-state index in [1.807, 2.05) is 0 Å². The Morgan fingerprint density at radius 1 is 1.30 bits per heavy atom. The number of nitrogens with one attached hydrogen (secondary N) is 2. The molecule has 1 unspecified atom stereocenters. The summed E-state index contributed by atoms with van der Waals surface area (Å²) in [6.45, 7) is 2.04. The number of hydrogen-bond acceptors (Lipinski definition) is 4. The van der Waals surface area contributed by atoms with Crippen LogP contribution >= 0.6 is 24.0 Å². The van der Waals surface area contributed by atoms with Crippen molar-refractivity contribution >= 4 is 34.0 Å². The molecule has 0 aromatic heterocycles. The standard InChI is InChI=1S/C15H21ClN2O3S.ClH/c16-12-4-5-14(21-10-11-2-1-3-11)15(8-12)22(19,20)18-13-6-7-17-9-13;/h4-5,8,11,13,17-18H,1-3,6-7,9-10H2;1H. The average Bonchev–Trinajstić information content (AvgIpc) is 2.90. The van der Waals surface area contributed by atoms with Crippen LogP contribution in [0.1, 0.15) is 25.7 Å². The smallest absolute Gasteiger partial charge is 0.244 e. The number of sulfonamides is 1. The fourth-order valence-electron chi connectivity index (χ4n) is 2.72. The molecule has 0 spiro atoms. The molecule has 0 bridgehead atoms. The fraction of sp³-hybridized carbons (Fsp3) is 0.600. The van der Waals surface area contributed by atoms with E-state index in [1.165, 1.54) is 12.5 Å². The van der Waals surface area contributed by atoms with E-state index >= 15 is 0 Å². The summed E-state index contributed by atoms with van der Waals surface area (Å²) in [7, 11) is -3.63. The van der Waals surface area contributed by atoms with Crippen molar-refractivity contribution in [1.29, 1.82) is 0 Å². The van der Waals surface area contributed by atoms with E-state index in [9.17, 15) is 8.42 Å². The summed E-state index contributed by atoms with van der Waals surface area (Å²) in [5, 5.41) is 3.53. The second-order valence-corrected chi connectivity index (χ2v) is 8.13. The Kier molecular flexibility index (Phi) is 6.57. The van der Waals surface area contributed by atoms with Gasteiger partial charge in [-0.15, -0.1) is 12.4 Å². The van der Waals surface area contributed by atoms with Crippen LogP contribution in [0.4, 0.5) is 0 Å². The predicted molar refractivity (Wildman–Crippen MR) is 93.1 cm³/mol. The van der Waals surface area contributed by atoms with Gasteiger partial charge >= 0.3 is 0 Å². The van der Waals surface area contributed by atoms with E-state index in [2.05, 4.69) is 10.0 Å². The quantitative estimate of drug-likeness (QED) is 0.795. The molecule has 5 nitrogen and oxygen atoms in total. The minimum Gasteiger partial charge on any atom is -0.492 e. The molecule has 1 aromatic carbocycles. The number of hydrogen-bond donors (Lipinski definition) is 2. The Morgan fingerprint density at radius 2 is 2.09 bits per heavy atom. The molecule has 1 heterocycles. The van der Waals surface area contributed by atoms with Gasteiger partial charge in [-0.1, -0.05) is 18.0 Å². The van der Waals surface area contributed by atoms with Gasteiger partial charge in [0.25, 0.3) is 0 Å². The number of rotatable bonds is 6. The summed E-state index contributed by atoms with van der Waals surface area (Å²) in [5.74, 6) is 0.924. The van der Waals surface area contributed by atoms with Crippen molar-refractivity contribution in [3.63, 3.8) is 0 Å². The molecule has 2 fully saturated rings. The summed E-state index contributed by atoms with van der Waals surface area (Å²) in [6.07, 6.45) is 4.33. The highest BCUT2D eigenvalue weighted by Crippen LogP contribution is 2.31. The highest BCUT2D eigenvalue weighted by Gasteiger charge is 2.26. The lowest BCUT2D eigenvalue weighted by atomic mass is 9.86. The molecule has 1 aliphatic heterocycles. The topological polar surface area (TPSA) is 67.4 Å². The van der Waals surface area contributed by atoms with E-state index in [0.29, 0.717) is 29.8 Å². The van der Waals surface area contributed by atoms with Gasteiger partial charge < -0.3 is 10.1 Å². The minimum atomic E-state index is -3.63. The molecule has 1 aromatic rings. The first-order valence-electron chi connectivity index (χ1n) is 7.70. The SMILES string of the molecule is Cl.O=S(=O)(NC1CCNC1)c1cc(Cl)ccc1OCC1CCC1. The Hall–Kier alpha value is -0.530. The molecular formula is C15H22Cl2N2O3S. The number of ether oxygens (including phenoxy) is 1. The molecule has 0 radical (unpaired) electrons. The van der Waals surface area contributed by atoms with Gasteiger partial charge in [0, 0.05) is 17.6 Å². The van der Waals surface area contributed by atoms with Crippen LogP contribution in [0.15, 0.2) is 23.1 Å². The summed E-state index contributed by atoms with van der Waals surface area (Å²) in [6, 6.07) is 4.68. The van der Waals surface area contributed by atoms with Crippen molar-refractivity contribution in [2.75, 3.05) is 19.7 Å². The lowest BCUT2D eigenvalue weighted by molar-refractivity contribution is 0.177. The monoisotopic (exact) mass is 380 g/mol. The normalized spacial score (nSPS) is 21.5. The van der Waals surface area contributed by atoms with Crippen LogP contribution in [0.5, 0.6) is 5.75 Å².